The minimum absolute atomic E-state index is 0.178. The molecule has 8 heteroatoms. The van der Waals surface area contributed by atoms with Gasteiger partial charge < -0.3 is 19.7 Å². The highest BCUT2D eigenvalue weighted by Crippen LogP contribution is 2.45. The standard InChI is InChI=1S/C32H28ClFN2O4/c1-19-16-27(28(40-3)17-26(19)33)35-31(37)29-24-6-4-5-7-25(24)32(38)36(18-20-8-12-22(34)13-9-20)30(29)21-10-14-23(39-2)15-11-21/h4-17,29-30H,18H2,1-3H3,(H,35,37)/t29-,30+/m0/s1. The summed E-state index contributed by atoms with van der Waals surface area (Å²) in [5.41, 5.74) is 3.80. The zero-order valence-corrected chi connectivity index (χ0v) is 23.0. The van der Waals surface area contributed by atoms with E-state index in [4.69, 9.17) is 21.1 Å². The summed E-state index contributed by atoms with van der Waals surface area (Å²) in [6, 6.07) is 23.2. The monoisotopic (exact) mass is 558 g/mol. The molecule has 0 aliphatic carbocycles. The highest BCUT2D eigenvalue weighted by molar-refractivity contribution is 6.31. The molecule has 0 bridgehead atoms. The van der Waals surface area contributed by atoms with Gasteiger partial charge in [-0.1, -0.05) is 54.1 Å². The Balaban J connectivity index is 1.64. The van der Waals surface area contributed by atoms with Crippen LogP contribution in [0.3, 0.4) is 0 Å². The minimum Gasteiger partial charge on any atom is -0.497 e. The van der Waals surface area contributed by atoms with Crippen molar-refractivity contribution in [2.24, 2.45) is 0 Å². The first-order chi connectivity index (χ1) is 19.3. The first kappa shape index (κ1) is 27.2. The lowest BCUT2D eigenvalue weighted by Gasteiger charge is -2.42. The van der Waals surface area contributed by atoms with Crippen LogP contribution in [-0.2, 0) is 11.3 Å². The lowest BCUT2D eigenvalue weighted by atomic mass is 9.79. The topological polar surface area (TPSA) is 67.9 Å². The van der Waals surface area contributed by atoms with Crippen LogP contribution in [0.25, 0.3) is 0 Å². The van der Waals surface area contributed by atoms with E-state index in [0.29, 0.717) is 33.3 Å². The maximum Gasteiger partial charge on any atom is 0.255 e. The lowest BCUT2D eigenvalue weighted by Crippen LogP contribution is -2.45. The number of carbonyl (C=O) groups excluding carboxylic acids is 2. The number of amides is 2. The van der Waals surface area contributed by atoms with Crippen molar-refractivity contribution in [3.05, 3.63) is 124 Å². The van der Waals surface area contributed by atoms with E-state index in [1.54, 1.807) is 60.5 Å². The fourth-order valence-electron chi connectivity index (χ4n) is 5.15. The second kappa shape index (κ2) is 11.4. The third kappa shape index (κ3) is 5.25. The van der Waals surface area contributed by atoms with Crippen molar-refractivity contribution in [3.8, 4) is 11.5 Å². The lowest BCUT2D eigenvalue weighted by molar-refractivity contribution is -0.119. The minimum atomic E-state index is -0.775. The summed E-state index contributed by atoms with van der Waals surface area (Å²) in [4.78, 5) is 29.9. The van der Waals surface area contributed by atoms with E-state index < -0.39 is 12.0 Å². The Hall–Kier alpha value is -4.36. The number of ether oxygens (including phenoxy) is 2. The highest BCUT2D eigenvalue weighted by Gasteiger charge is 2.44. The summed E-state index contributed by atoms with van der Waals surface area (Å²) < 4.78 is 24.5. The number of benzene rings is 4. The number of carbonyl (C=O) groups is 2. The van der Waals surface area contributed by atoms with E-state index in [9.17, 15) is 14.0 Å². The number of nitrogens with zero attached hydrogens (tertiary/aromatic N) is 1. The number of halogens is 2. The molecule has 0 saturated carbocycles. The number of methoxy groups -OCH3 is 2. The Labute approximate surface area is 237 Å². The molecule has 1 N–H and O–H groups in total. The molecule has 2 atom stereocenters. The van der Waals surface area contributed by atoms with E-state index >= 15 is 0 Å². The van der Waals surface area contributed by atoms with Gasteiger partial charge >= 0.3 is 0 Å². The van der Waals surface area contributed by atoms with E-state index in [1.807, 2.05) is 31.2 Å². The van der Waals surface area contributed by atoms with Gasteiger partial charge in [0.15, 0.2) is 0 Å². The number of anilines is 1. The van der Waals surface area contributed by atoms with Crippen molar-refractivity contribution >= 4 is 29.1 Å². The third-order valence-electron chi connectivity index (χ3n) is 7.18. The molecule has 1 aliphatic heterocycles. The Kier molecular flexibility index (Phi) is 7.76. The van der Waals surface area contributed by atoms with Crippen LogP contribution >= 0.6 is 11.6 Å². The zero-order valence-electron chi connectivity index (χ0n) is 22.3. The van der Waals surface area contributed by atoms with Crippen molar-refractivity contribution < 1.29 is 23.5 Å². The van der Waals surface area contributed by atoms with Gasteiger partial charge in [0.25, 0.3) is 5.91 Å². The van der Waals surface area contributed by atoms with Gasteiger partial charge in [-0.3, -0.25) is 9.59 Å². The summed E-state index contributed by atoms with van der Waals surface area (Å²) >= 11 is 6.30. The molecule has 0 fully saturated rings. The average molecular weight is 559 g/mol. The molecular formula is C32H28ClFN2O4. The quantitative estimate of drug-likeness (QED) is 0.267. The van der Waals surface area contributed by atoms with Crippen LogP contribution < -0.4 is 14.8 Å². The average Bonchev–Trinajstić information content (AvgIpc) is 2.97. The molecule has 0 saturated heterocycles. The van der Waals surface area contributed by atoms with Crippen molar-refractivity contribution in [2.75, 3.05) is 19.5 Å². The van der Waals surface area contributed by atoms with Gasteiger partial charge in [0, 0.05) is 23.2 Å². The van der Waals surface area contributed by atoms with E-state index in [-0.39, 0.29) is 24.2 Å². The van der Waals surface area contributed by atoms with Gasteiger partial charge in [0.05, 0.1) is 31.9 Å². The van der Waals surface area contributed by atoms with Crippen molar-refractivity contribution in [2.45, 2.75) is 25.4 Å². The van der Waals surface area contributed by atoms with Gasteiger partial charge in [-0.05, 0) is 65.6 Å². The molecule has 4 aromatic rings. The second-order valence-corrected chi connectivity index (χ2v) is 10.0. The summed E-state index contributed by atoms with van der Waals surface area (Å²) in [6.07, 6.45) is 0. The summed E-state index contributed by atoms with van der Waals surface area (Å²) in [5, 5.41) is 3.55. The molecular weight excluding hydrogens is 531 g/mol. The number of rotatable bonds is 7. The molecule has 0 aromatic heterocycles. The molecule has 40 heavy (non-hydrogen) atoms. The predicted octanol–water partition coefficient (Wildman–Crippen LogP) is 6.92. The third-order valence-corrected chi connectivity index (χ3v) is 7.59. The predicted molar refractivity (Wildman–Crippen MR) is 153 cm³/mol. The van der Waals surface area contributed by atoms with Gasteiger partial charge in [-0.15, -0.1) is 0 Å². The molecule has 0 spiro atoms. The van der Waals surface area contributed by atoms with Gasteiger partial charge in [0.1, 0.15) is 17.3 Å². The molecule has 0 radical (unpaired) electrons. The summed E-state index contributed by atoms with van der Waals surface area (Å²) in [7, 11) is 3.09. The largest absolute Gasteiger partial charge is 0.497 e. The highest BCUT2D eigenvalue weighted by atomic mass is 35.5. The first-order valence-corrected chi connectivity index (χ1v) is 13.1. The normalized spacial score (nSPS) is 16.3. The SMILES string of the molecule is COc1ccc([C@@H]2[C@@H](C(=O)Nc3cc(C)c(Cl)cc3OC)c3ccccc3C(=O)N2Cc2ccc(F)cc2)cc1. The number of hydrogen-bond donors (Lipinski definition) is 1. The van der Waals surface area contributed by atoms with Crippen LogP contribution in [0, 0.1) is 12.7 Å². The van der Waals surface area contributed by atoms with Crippen LogP contribution in [0.15, 0.2) is 84.9 Å². The molecule has 4 aromatic carbocycles. The van der Waals surface area contributed by atoms with E-state index in [1.165, 1.54) is 19.2 Å². The fraction of sp³-hybridized carbons (Fsp3) is 0.188. The van der Waals surface area contributed by atoms with E-state index in [0.717, 1.165) is 16.7 Å². The van der Waals surface area contributed by atoms with Crippen LogP contribution in [0.1, 0.15) is 44.6 Å². The van der Waals surface area contributed by atoms with Crippen molar-refractivity contribution in [3.63, 3.8) is 0 Å². The Morgan fingerprint density at radius 1 is 0.975 bits per heavy atom. The molecule has 204 valence electrons. The summed E-state index contributed by atoms with van der Waals surface area (Å²) in [6.45, 7) is 2.02. The number of hydrogen-bond acceptors (Lipinski definition) is 4. The van der Waals surface area contributed by atoms with Gasteiger partial charge in [0.2, 0.25) is 5.91 Å². The maximum absolute atomic E-state index is 14.2. The van der Waals surface area contributed by atoms with Crippen LogP contribution in [0.4, 0.5) is 10.1 Å². The smallest absolute Gasteiger partial charge is 0.255 e. The Bertz CT molecular complexity index is 1560. The first-order valence-electron chi connectivity index (χ1n) is 12.7. The van der Waals surface area contributed by atoms with Crippen LogP contribution in [-0.4, -0.2) is 30.9 Å². The fourth-order valence-corrected chi connectivity index (χ4v) is 5.30. The van der Waals surface area contributed by atoms with E-state index in [2.05, 4.69) is 5.32 Å². The zero-order chi connectivity index (χ0) is 28.4. The Morgan fingerprint density at radius 2 is 1.68 bits per heavy atom. The van der Waals surface area contributed by atoms with Gasteiger partial charge in [-0.25, -0.2) is 4.39 Å². The Morgan fingerprint density at radius 3 is 2.35 bits per heavy atom. The molecule has 2 amide bonds. The number of aryl methyl sites for hydroxylation is 1. The van der Waals surface area contributed by atoms with Crippen LogP contribution in [0.5, 0.6) is 11.5 Å². The number of fused-ring (bicyclic) bond motifs is 1. The molecule has 5 rings (SSSR count). The molecule has 1 heterocycles. The molecule has 0 unspecified atom stereocenters. The van der Waals surface area contributed by atoms with Gasteiger partial charge in [-0.2, -0.15) is 0 Å². The van der Waals surface area contributed by atoms with Crippen molar-refractivity contribution in [1.82, 2.24) is 4.90 Å². The molecule has 1 aliphatic rings. The summed E-state index contributed by atoms with van der Waals surface area (Å²) in [5.74, 6) is -0.597. The van der Waals surface area contributed by atoms with Crippen molar-refractivity contribution in [1.29, 1.82) is 0 Å². The van der Waals surface area contributed by atoms with Crippen LogP contribution in [0.2, 0.25) is 5.02 Å². The number of nitrogens with one attached hydrogen (secondary N) is 1. The molecule has 6 nitrogen and oxygen atoms in total. The maximum atomic E-state index is 14.2. The second-order valence-electron chi connectivity index (χ2n) is 9.63.